The minimum Gasteiger partial charge on any atom is -0.495 e. The maximum atomic E-state index is 12.7. The van der Waals surface area contributed by atoms with E-state index in [2.05, 4.69) is 4.72 Å². The summed E-state index contributed by atoms with van der Waals surface area (Å²) in [6.07, 6.45) is 3.19. The van der Waals surface area contributed by atoms with Crippen LogP contribution in [-0.2, 0) is 10.0 Å². The Labute approximate surface area is 164 Å². The molecule has 0 atom stereocenters. The van der Waals surface area contributed by atoms with E-state index in [1.165, 1.54) is 19.2 Å². The number of methoxy groups -OCH3 is 1. The number of benzene rings is 2. The number of anilines is 1. The smallest absolute Gasteiger partial charge is 0.265 e. The zero-order valence-corrected chi connectivity index (χ0v) is 16.5. The number of sulfonamides is 1. The molecule has 144 valence electrons. The molecule has 0 aliphatic carbocycles. The molecule has 1 amide bonds. The first-order valence-corrected chi connectivity index (χ1v) is 10.5. The number of halogens is 1. The number of rotatable bonds is 5. The molecule has 8 heteroatoms. The fourth-order valence-electron chi connectivity index (χ4n) is 3.03. The highest BCUT2D eigenvalue weighted by atomic mass is 35.5. The van der Waals surface area contributed by atoms with E-state index in [0.29, 0.717) is 16.3 Å². The maximum Gasteiger partial charge on any atom is 0.265 e. The van der Waals surface area contributed by atoms with Crippen molar-refractivity contribution in [3.05, 3.63) is 53.1 Å². The van der Waals surface area contributed by atoms with E-state index in [1.54, 1.807) is 30.3 Å². The van der Waals surface area contributed by atoms with Gasteiger partial charge in [0.05, 0.1) is 7.11 Å². The monoisotopic (exact) mass is 408 g/mol. The van der Waals surface area contributed by atoms with Crippen LogP contribution in [0.1, 0.15) is 29.6 Å². The summed E-state index contributed by atoms with van der Waals surface area (Å²) in [5, 5.41) is 0.290. The second kappa shape index (κ2) is 8.19. The standard InChI is InChI=1S/C19H21ClN2O4S/c1-26-17-10-7-15(20)13-18(17)27(24,25)21-16-8-5-14(6-9-16)19(23)22-11-3-2-4-12-22/h5-10,13,21H,2-4,11-12H2,1H3. The lowest BCUT2D eigenvalue weighted by molar-refractivity contribution is 0.0724. The van der Waals surface area contributed by atoms with Gasteiger partial charge in [-0.3, -0.25) is 9.52 Å². The van der Waals surface area contributed by atoms with Crippen molar-refractivity contribution < 1.29 is 17.9 Å². The average molecular weight is 409 g/mol. The third-order valence-electron chi connectivity index (χ3n) is 4.44. The Morgan fingerprint density at radius 2 is 1.74 bits per heavy atom. The van der Waals surface area contributed by atoms with Crippen molar-refractivity contribution in [2.45, 2.75) is 24.2 Å². The summed E-state index contributed by atoms with van der Waals surface area (Å²) in [5.41, 5.74) is 0.896. The number of ether oxygens (including phenoxy) is 1. The summed E-state index contributed by atoms with van der Waals surface area (Å²) in [7, 11) is -2.49. The van der Waals surface area contributed by atoms with Crippen LogP contribution in [0, 0.1) is 0 Å². The predicted molar refractivity (Wildman–Crippen MR) is 105 cm³/mol. The number of hydrogen-bond donors (Lipinski definition) is 1. The van der Waals surface area contributed by atoms with E-state index in [4.69, 9.17) is 16.3 Å². The van der Waals surface area contributed by atoms with Gasteiger partial charge in [-0.15, -0.1) is 0 Å². The normalized spacial score (nSPS) is 14.7. The lowest BCUT2D eigenvalue weighted by atomic mass is 10.1. The van der Waals surface area contributed by atoms with Crippen LogP contribution in [0.3, 0.4) is 0 Å². The Kier molecular flexibility index (Phi) is 5.92. The van der Waals surface area contributed by atoms with E-state index in [-0.39, 0.29) is 16.6 Å². The molecular weight excluding hydrogens is 388 g/mol. The van der Waals surface area contributed by atoms with Gasteiger partial charge in [0.15, 0.2) is 0 Å². The van der Waals surface area contributed by atoms with E-state index in [0.717, 1.165) is 32.4 Å². The highest BCUT2D eigenvalue weighted by Crippen LogP contribution is 2.28. The molecule has 1 N–H and O–H groups in total. The van der Waals surface area contributed by atoms with Crippen molar-refractivity contribution in [2.24, 2.45) is 0 Å². The van der Waals surface area contributed by atoms with Crippen LogP contribution in [0.2, 0.25) is 5.02 Å². The summed E-state index contributed by atoms with van der Waals surface area (Å²) in [6, 6.07) is 10.8. The quantitative estimate of drug-likeness (QED) is 0.816. The van der Waals surface area contributed by atoms with Crippen LogP contribution in [0.4, 0.5) is 5.69 Å². The SMILES string of the molecule is COc1ccc(Cl)cc1S(=O)(=O)Nc1ccc(C(=O)N2CCCCC2)cc1. The molecular formula is C19H21ClN2O4S. The fourth-order valence-corrected chi connectivity index (χ4v) is 4.52. The van der Waals surface area contributed by atoms with Gasteiger partial charge in [-0.25, -0.2) is 8.42 Å². The summed E-state index contributed by atoms with van der Waals surface area (Å²) in [6.45, 7) is 1.53. The maximum absolute atomic E-state index is 12.7. The van der Waals surface area contributed by atoms with Gasteiger partial charge >= 0.3 is 0 Å². The molecule has 1 aliphatic rings. The van der Waals surface area contributed by atoms with Crippen LogP contribution >= 0.6 is 11.6 Å². The number of likely N-dealkylation sites (tertiary alicyclic amines) is 1. The molecule has 0 unspecified atom stereocenters. The lowest BCUT2D eigenvalue weighted by Gasteiger charge is -2.26. The van der Waals surface area contributed by atoms with Crippen molar-refractivity contribution in [1.29, 1.82) is 0 Å². The summed E-state index contributed by atoms with van der Waals surface area (Å²) >= 11 is 5.92. The van der Waals surface area contributed by atoms with Crippen LogP contribution in [-0.4, -0.2) is 39.4 Å². The first-order valence-electron chi connectivity index (χ1n) is 8.66. The van der Waals surface area contributed by atoms with Crippen molar-refractivity contribution >= 4 is 33.2 Å². The Bertz CT molecular complexity index is 923. The van der Waals surface area contributed by atoms with Crippen LogP contribution in [0.5, 0.6) is 5.75 Å². The molecule has 0 aromatic heterocycles. The largest absolute Gasteiger partial charge is 0.495 e. The van der Waals surface area contributed by atoms with E-state index in [9.17, 15) is 13.2 Å². The summed E-state index contributed by atoms with van der Waals surface area (Å²) in [5.74, 6) is 0.171. The predicted octanol–water partition coefficient (Wildman–Crippen LogP) is 3.78. The molecule has 1 aliphatic heterocycles. The third kappa shape index (κ3) is 4.54. The molecule has 0 radical (unpaired) electrons. The molecule has 2 aromatic rings. The van der Waals surface area contributed by atoms with Gasteiger partial charge < -0.3 is 9.64 Å². The van der Waals surface area contributed by atoms with Crippen molar-refractivity contribution in [1.82, 2.24) is 4.90 Å². The fraction of sp³-hybridized carbons (Fsp3) is 0.316. The molecule has 3 rings (SSSR count). The second-order valence-electron chi connectivity index (χ2n) is 6.33. The number of nitrogens with one attached hydrogen (secondary N) is 1. The average Bonchev–Trinajstić information content (AvgIpc) is 2.68. The molecule has 0 bridgehead atoms. The first-order chi connectivity index (χ1) is 12.9. The van der Waals surface area contributed by atoms with Crippen molar-refractivity contribution in [3.8, 4) is 5.75 Å². The number of piperidine rings is 1. The minimum absolute atomic E-state index is 0.0272. The molecule has 0 saturated carbocycles. The summed E-state index contributed by atoms with van der Waals surface area (Å²) < 4.78 is 33.0. The first kappa shape index (κ1) is 19.5. The van der Waals surface area contributed by atoms with Gasteiger partial charge in [0, 0.05) is 29.4 Å². The van der Waals surface area contributed by atoms with Gasteiger partial charge in [0.2, 0.25) is 0 Å². The Morgan fingerprint density at radius 3 is 2.37 bits per heavy atom. The Hall–Kier alpha value is -2.25. The van der Waals surface area contributed by atoms with E-state index in [1.807, 2.05) is 4.90 Å². The van der Waals surface area contributed by atoms with Crippen molar-refractivity contribution in [2.75, 3.05) is 24.9 Å². The lowest BCUT2D eigenvalue weighted by Crippen LogP contribution is -2.35. The van der Waals surface area contributed by atoms with Crippen LogP contribution in [0.25, 0.3) is 0 Å². The second-order valence-corrected chi connectivity index (χ2v) is 8.42. The number of amides is 1. The molecule has 1 fully saturated rings. The van der Waals surface area contributed by atoms with E-state index >= 15 is 0 Å². The van der Waals surface area contributed by atoms with Gasteiger partial charge in [-0.1, -0.05) is 11.6 Å². The van der Waals surface area contributed by atoms with Crippen LogP contribution < -0.4 is 9.46 Å². The third-order valence-corrected chi connectivity index (χ3v) is 6.08. The highest BCUT2D eigenvalue weighted by molar-refractivity contribution is 7.92. The zero-order valence-electron chi connectivity index (χ0n) is 14.9. The highest BCUT2D eigenvalue weighted by Gasteiger charge is 2.21. The molecule has 27 heavy (non-hydrogen) atoms. The molecule has 6 nitrogen and oxygen atoms in total. The molecule has 1 saturated heterocycles. The topological polar surface area (TPSA) is 75.7 Å². The molecule has 0 spiro atoms. The van der Waals surface area contributed by atoms with Gasteiger partial charge in [0.1, 0.15) is 10.6 Å². The van der Waals surface area contributed by atoms with Gasteiger partial charge in [-0.2, -0.15) is 0 Å². The number of nitrogens with zero attached hydrogens (tertiary/aromatic N) is 1. The number of carbonyl (C=O) groups excluding carboxylic acids is 1. The zero-order chi connectivity index (χ0) is 19.4. The number of hydrogen-bond acceptors (Lipinski definition) is 4. The molecule has 2 aromatic carbocycles. The molecule has 1 heterocycles. The van der Waals surface area contributed by atoms with E-state index < -0.39 is 10.0 Å². The van der Waals surface area contributed by atoms with Gasteiger partial charge in [-0.05, 0) is 61.7 Å². The van der Waals surface area contributed by atoms with Crippen LogP contribution in [0.15, 0.2) is 47.4 Å². The Morgan fingerprint density at radius 1 is 1.07 bits per heavy atom. The minimum atomic E-state index is -3.89. The number of carbonyl (C=O) groups is 1. The van der Waals surface area contributed by atoms with Crippen molar-refractivity contribution in [3.63, 3.8) is 0 Å². The Balaban J connectivity index is 1.78. The summed E-state index contributed by atoms with van der Waals surface area (Å²) in [4.78, 5) is 14.3. The van der Waals surface area contributed by atoms with Gasteiger partial charge in [0.25, 0.3) is 15.9 Å².